The molecule has 0 bridgehead atoms. The van der Waals surface area contributed by atoms with Crippen molar-refractivity contribution in [1.29, 1.82) is 0 Å². The van der Waals surface area contributed by atoms with Gasteiger partial charge in [0.25, 0.3) is 5.91 Å². The molecule has 3 N–H and O–H groups in total. The molecule has 1 heterocycles. The van der Waals surface area contributed by atoms with Crippen LogP contribution in [-0.4, -0.2) is 39.5 Å². The van der Waals surface area contributed by atoms with E-state index in [2.05, 4.69) is 4.98 Å². The number of hydrogen-bond acceptors (Lipinski definition) is 5. The summed E-state index contributed by atoms with van der Waals surface area (Å²) in [6, 6.07) is 0. The molecule has 0 aliphatic heterocycles. The highest BCUT2D eigenvalue weighted by molar-refractivity contribution is 7.09. The Kier molecular flexibility index (Phi) is 4.95. The van der Waals surface area contributed by atoms with Gasteiger partial charge < -0.3 is 15.7 Å². The topological polar surface area (TPSA) is 96.5 Å². The number of thiazole rings is 1. The highest BCUT2D eigenvalue weighted by Gasteiger charge is 2.41. The molecule has 0 aromatic carbocycles. The fourth-order valence-electron chi connectivity index (χ4n) is 3.01. The van der Waals surface area contributed by atoms with Crippen LogP contribution in [0.2, 0.25) is 0 Å². The van der Waals surface area contributed by atoms with E-state index in [1.54, 1.807) is 17.3 Å². The Bertz CT molecular complexity index is 523. The minimum Gasteiger partial charge on any atom is -0.481 e. The molecule has 1 fully saturated rings. The van der Waals surface area contributed by atoms with Crippen LogP contribution in [0.4, 0.5) is 0 Å². The van der Waals surface area contributed by atoms with E-state index >= 15 is 0 Å². The minimum absolute atomic E-state index is 0.0108. The van der Waals surface area contributed by atoms with Crippen LogP contribution in [0.5, 0.6) is 0 Å². The van der Waals surface area contributed by atoms with Gasteiger partial charge in [0.15, 0.2) is 0 Å². The van der Waals surface area contributed by atoms with Gasteiger partial charge in [-0.25, -0.2) is 4.98 Å². The van der Waals surface area contributed by atoms with Crippen LogP contribution in [-0.2, 0) is 11.3 Å². The van der Waals surface area contributed by atoms with Crippen LogP contribution in [0.25, 0.3) is 0 Å². The van der Waals surface area contributed by atoms with Crippen molar-refractivity contribution in [3.8, 4) is 0 Å². The largest absolute Gasteiger partial charge is 0.481 e. The first-order valence-corrected chi connectivity index (χ1v) is 8.01. The lowest BCUT2D eigenvalue weighted by molar-refractivity contribution is -0.140. The number of carbonyl (C=O) groups is 2. The standard InChI is InChI=1S/C14H21N3O3S/c1-17(13(20)10-9-21-11(8-15)16-10)14(7-12(18)19)5-3-2-4-6-14/h9H,2-8,15H2,1H3,(H,18,19). The molecule has 1 aliphatic carbocycles. The molecule has 1 aromatic rings. The van der Waals surface area contributed by atoms with Crippen molar-refractivity contribution in [2.75, 3.05) is 7.05 Å². The SMILES string of the molecule is CN(C(=O)c1csc(CN)n1)C1(CC(=O)O)CCCCC1. The molecule has 116 valence electrons. The van der Waals surface area contributed by atoms with E-state index in [9.17, 15) is 14.7 Å². The molecule has 0 radical (unpaired) electrons. The first-order chi connectivity index (χ1) is 9.98. The summed E-state index contributed by atoms with van der Waals surface area (Å²) in [4.78, 5) is 29.6. The number of nitrogens with zero attached hydrogens (tertiary/aromatic N) is 2. The van der Waals surface area contributed by atoms with Crippen molar-refractivity contribution in [1.82, 2.24) is 9.88 Å². The Labute approximate surface area is 128 Å². The van der Waals surface area contributed by atoms with Crippen LogP contribution in [0, 0.1) is 0 Å². The van der Waals surface area contributed by atoms with Gasteiger partial charge in [-0.2, -0.15) is 0 Å². The van der Waals surface area contributed by atoms with Crippen molar-refractivity contribution < 1.29 is 14.7 Å². The van der Waals surface area contributed by atoms with Crippen LogP contribution in [0.1, 0.15) is 54.0 Å². The Morgan fingerprint density at radius 1 is 1.43 bits per heavy atom. The second-order valence-electron chi connectivity index (χ2n) is 5.55. The van der Waals surface area contributed by atoms with E-state index in [-0.39, 0.29) is 12.3 Å². The molecule has 6 nitrogen and oxygen atoms in total. The summed E-state index contributed by atoms with van der Waals surface area (Å²) >= 11 is 1.35. The molecular formula is C14H21N3O3S. The number of aliphatic carboxylic acids is 1. The van der Waals surface area contributed by atoms with Gasteiger partial charge in [0, 0.05) is 19.0 Å². The van der Waals surface area contributed by atoms with E-state index in [0.717, 1.165) is 32.1 Å². The summed E-state index contributed by atoms with van der Waals surface area (Å²) in [5.41, 5.74) is 5.29. The molecule has 0 unspecified atom stereocenters. The second kappa shape index (κ2) is 6.53. The first-order valence-electron chi connectivity index (χ1n) is 7.13. The predicted molar refractivity (Wildman–Crippen MR) is 80.2 cm³/mol. The zero-order valence-electron chi connectivity index (χ0n) is 12.2. The third-order valence-electron chi connectivity index (χ3n) is 4.23. The van der Waals surface area contributed by atoms with Gasteiger partial charge in [0.2, 0.25) is 0 Å². The summed E-state index contributed by atoms with van der Waals surface area (Å²) in [6.45, 7) is 0.307. The van der Waals surface area contributed by atoms with Crippen LogP contribution >= 0.6 is 11.3 Å². The Balaban J connectivity index is 2.22. The summed E-state index contributed by atoms with van der Waals surface area (Å²) < 4.78 is 0. The molecule has 1 saturated carbocycles. The molecule has 1 aromatic heterocycles. The van der Waals surface area contributed by atoms with Gasteiger partial charge in [0.1, 0.15) is 10.7 Å². The van der Waals surface area contributed by atoms with Crippen molar-refractivity contribution in [3.63, 3.8) is 0 Å². The predicted octanol–water partition coefficient (Wildman–Crippen LogP) is 1.85. The average Bonchev–Trinajstić information content (AvgIpc) is 2.95. The van der Waals surface area contributed by atoms with Gasteiger partial charge in [-0.1, -0.05) is 19.3 Å². The number of rotatable bonds is 5. The third-order valence-corrected chi connectivity index (χ3v) is 5.10. The Morgan fingerprint density at radius 3 is 2.62 bits per heavy atom. The smallest absolute Gasteiger partial charge is 0.305 e. The molecule has 0 saturated heterocycles. The maximum absolute atomic E-state index is 12.6. The van der Waals surface area contributed by atoms with Gasteiger partial charge in [-0.15, -0.1) is 11.3 Å². The number of hydrogen-bond donors (Lipinski definition) is 2. The zero-order chi connectivity index (χ0) is 15.5. The maximum atomic E-state index is 12.6. The average molecular weight is 311 g/mol. The second-order valence-corrected chi connectivity index (χ2v) is 6.49. The van der Waals surface area contributed by atoms with Gasteiger partial charge in [-0.05, 0) is 12.8 Å². The lowest BCUT2D eigenvalue weighted by Gasteiger charge is -2.43. The van der Waals surface area contributed by atoms with E-state index in [1.807, 2.05) is 0 Å². The number of amides is 1. The fraction of sp³-hybridized carbons (Fsp3) is 0.643. The molecular weight excluding hydrogens is 290 g/mol. The molecule has 0 atom stereocenters. The highest BCUT2D eigenvalue weighted by atomic mass is 32.1. The Morgan fingerprint density at radius 2 is 2.10 bits per heavy atom. The molecule has 21 heavy (non-hydrogen) atoms. The molecule has 2 rings (SSSR count). The molecule has 1 amide bonds. The number of nitrogens with two attached hydrogens (primary N) is 1. The normalized spacial score (nSPS) is 17.4. The highest BCUT2D eigenvalue weighted by Crippen LogP contribution is 2.36. The van der Waals surface area contributed by atoms with E-state index in [0.29, 0.717) is 17.2 Å². The summed E-state index contributed by atoms with van der Waals surface area (Å²) in [6.07, 6.45) is 4.46. The quantitative estimate of drug-likeness (QED) is 0.865. The summed E-state index contributed by atoms with van der Waals surface area (Å²) in [7, 11) is 1.69. The molecule has 7 heteroatoms. The van der Waals surface area contributed by atoms with Crippen molar-refractivity contribution in [3.05, 3.63) is 16.1 Å². The number of aromatic nitrogens is 1. The van der Waals surface area contributed by atoms with Crippen LogP contribution in [0.15, 0.2) is 5.38 Å². The van der Waals surface area contributed by atoms with Crippen LogP contribution in [0.3, 0.4) is 0 Å². The Hall–Kier alpha value is -1.47. The maximum Gasteiger partial charge on any atom is 0.305 e. The summed E-state index contributed by atoms with van der Waals surface area (Å²) in [5.74, 6) is -1.08. The lowest BCUT2D eigenvalue weighted by atomic mass is 9.78. The number of carbonyl (C=O) groups excluding carboxylic acids is 1. The number of carboxylic acid groups (broad SMARTS) is 1. The minimum atomic E-state index is -0.863. The van der Waals surface area contributed by atoms with E-state index in [4.69, 9.17) is 5.73 Å². The number of carboxylic acids is 1. The van der Waals surface area contributed by atoms with E-state index in [1.165, 1.54) is 11.3 Å². The van der Waals surface area contributed by atoms with Crippen molar-refractivity contribution >= 4 is 23.2 Å². The monoisotopic (exact) mass is 311 g/mol. The van der Waals surface area contributed by atoms with Crippen LogP contribution < -0.4 is 5.73 Å². The molecule has 1 aliphatic rings. The van der Waals surface area contributed by atoms with Crippen molar-refractivity contribution in [2.24, 2.45) is 5.73 Å². The fourth-order valence-corrected chi connectivity index (χ4v) is 3.66. The van der Waals surface area contributed by atoms with Crippen molar-refractivity contribution in [2.45, 2.75) is 50.6 Å². The lowest BCUT2D eigenvalue weighted by Crippen LogP contribution is -2.52. The van der Waals surface area contributed by atoms with E-state index < -0.39 is 11.5 Å². The zero-order valence-corrected chi connectivity index (χ0v) is 13.0. The van der Waals surface area contributed by atoms with Gasteiger partial charge in [-0.3, -0.25) is 9.59 Å². The third kappa shape index (κ3) is 3.41. The molecule has 0 spiro atoms. The first kappa shape index (κ1) is 15.9. The summed E-state index contributed by atoms with van der Waals surface area (Å²) in [5, 5.41) is 11.6. The van der Waals surface area contributed by atoms with Gasteiger partial charge in [0.05, 0.1) is 12.0 Å². The van der Waals surface area contributed by atoms with Gasteiger partial charge >= 0.3 is 5.97 Å².